The summed E-state index contributed by atoms with van der Waals surface area (Å²) in [6, 6.07) is 8.30. The van der Waals surface area contributed by atoms with Gasteiger partial charge in [-0.3, -0.25) is 0 Å². The normalized spacial score (nSPS) is 11.9. The summed E-state index contributed by atoms with van der Waals surface area (Å²) in [4.78, 5) is 2.38. The van der Waals surface area contributed by atoms with Crippen LogP contribution in [0.25, 0.3) is 0 Å². The molecule has 0 spiro atoms. The third-order valence-corrected chi connectivity index (χ3v) is 3.44. The van der Waals surface area contributed by atoms with Gasteiger partial charge in [0.25, 0.3) is 0 Å². The fourth-order valence-electron chi connectivity index (χ4n) is 2.43. The lowest BCUT2D eigenvalue weighted by Crippen LogP contribution is -2.34. The maximum Gasteiger partial charge on any atom is 0.119 e. The number of nitrogens with zero attached hydrogens (tertiary/aromatic N) is 1. The number of hydrogen-bond donors (Lipinski definition) is 1. The highest BCUT2D eigenvalue weighted by molar-refractivity contribution is 5.28. The first-order valence-electron chi connectivity index (χ1n) is 6.98. The smallest absolute Gasteiger partial charge is 0.119 e. The summed E-state index contributed by atoms with van der Waals surface area (Å²) in [6.45, 7) is 7.45. The molecule has 0 fully saturated rings. The van der Waals surface area contributed by atoms with Crippen LogP contribution in [0.2, 0.25) is 0 Å². The Bertz CT molecular complexity index is 377. The Kier molecular flexibility index (Phi) is 6.32. The summed E-state index contributed by atoms with van der Waals surface area (Å²) in [5.41, 5.74) is 7.27. The Morgan fingerprint density at radius 3 is 2.68 bits per heavy atom. The zero-order valence-electron chi connectivity index (χ0n) is 12.8. The number of hydrogen-bond acceptors (Lipinski definition) is 3. The molecule has 3 nitrogen and oxygen atoms in total. The van der Waals surface area contributed by atoms with Gasteiger partial charge in [0, 0.05) is 13.1 Å². The van der Waals surface area contributed by atoms with Crippen molar-refractivity contribution in [3.8, 4) is 5.75 Å². The lowest BCUT2D eigenvalue weighted by atomic mass is 9.89. The van der Waals surface area contributed by atoms with Crippen LogP contribution in [0.4, 0.5) is 0 Å². The average Bonchev–Trinajstić information content (AvgIpc) is 2.36. The lowest BCUT2D eigenvalue weighted by Gasteiger charge is -2.30. The molecule has 0 heterocycles. The van der Waals surface area contributed by atoms with Crippen LogP contribution in [0.5, 0.6) is 5.75 Å². The van der Waals surface area contributed by atoms with Gasteiger partial charge in [-0.2, -0.15) is 0 Å². The summed E-state index contributed by atoms with van der Waals surface area (Å²) >= 11 is 0. The molecule has 3 heteroatoms. The van der Waals surface area contributed by atoms with Gasteiger partial charge in [-0.05, 0) is 49.5 Å². The van der Waals surface area contributed by atoms with Crippen LogP contribution < -0.4 is 10.5 Å². The Labute approximate surface area is 117 Å². The molecule has 0 saturated carbocycles. The molecule has 1 aromatic carbocycles. The van der Waals surface area contributed by atoms with Gasteiger partial charge in [-0.15, -0.1) is 0 Å². The molecular weight excluding hydrogens is 236 g/mol. The van der Waals surface area contributed by atoms with E-state index in [-0.39, 0.29) is 5.41 Å². The monoisotopic (exact) mass is 264 g/mol. The molecular formula is C16H28N2O. The summed E-state index contributed by atoms with van der Waals surface area (Å²) in [5, 5.41) is 0. The number of rotatable bonds is 8. The second-order valence-corrected chi connectivity index (χ2v) is 6.04. The Morgan fingerprint density at radius 1 is 1.32 bits per heavy atom. The molecule has 2 N–H and O–H groups in total. The fraction of sp³-hybridized carbons (Fsp3) is 0.625. The summed E-state index contributed by atoms with van der Waals surface area (Å²) in [7, 11) is 3.89. The van der Waals surface area contributed by atoms with Crippen molar-refractivity contribution < 1.29 is 4.74 Å². The van der Waals surface area contributed by atoms with Gasteiger partial charge in [-0.1, -0.05) is 26.0 Å². The van der Waals surface area contributed by atoms with Gasteiger partial charge >= 0.3 is 0 Å². The van der Waals surface area contributed by atoms with Gasteiger partial charge in [0.2, 0.25) is 0 Å². The largest absolute Gasteiger partial charge is 0.497 e. The van der Waals surface area contributed by atoms with Crippen molar-refractivity contribution in [1.29, 1.82) is 0 Å². The highest BCUT2D eigenvalue weighted by Crippen LogP contribution is 2.20. The van der Waals surface area contributed by atoms with E-state index in [1.807, 2.05) is 12.1 Å². The van der Waals surface area contributed by atoms with Gasteiger partial charge in [0.05, 0.1) is 7.11 Å². The van der Waals surface area contributed by atoms with Crippen molar-refractivity contribution in [3.05, 3.63) is 29.8 Å². The van der Waals surface area contributed by atoms with Crippen LogP contribution in [0.3, 0.4) is 0 Å². The Balaban J connectivity index is 2.43. The van der Waals surface area contributed by atoms with E-state index in [1.165, 1.54) is 5.56 Å². The zero-order chi connectivity index (χ0) is 14.3. The Morgan fingerprint density at radius 2 is 2.05 bits per heavy atom. The Hall–Kier alpha value is -1.06. The van der Waals surface area contributed by atoms with Crippen molar-refractivity contribution in [3.63, 3.8) is 0 Å². The van der Waals surface area contributed by atoms with Crippen molar-refractivity contribution in [2.75, 3.05) is 33.8 Å². The van der Waals surface area contributed by atoms with Crippen LogP contribution in [0, 0.1) is 5.41 Å². The lowest BCUT2D eigenvalue weighted by molar-refractivity contribution is 0.202. The maximum atomic E-state index is 5.65. The third-order valence-electron chi connectivity index (χ3n) is 3.44. The van der Waals surface area contributed by atoms with E-state index < -0.39 is 0 Å². The zero-order valence-corrected chi connectivity index (χ0v) is 12.8. The van der Waals surface area contributed by atoms with Gasteiger partial charge in [0.15, 0.2) is 0 Å². The second kappa shape index (κ2) is 7.51. The minimum atomic E-state index is 0.290. The summed E-state index contributed by atoms with van der Waals surface area (Å²) in [6.07, 6.45) is 2.11. The van der Waals surface area contributed by atoms with E-state index >= 15 is 0 Å². The van der Waals surface area contributed by atoms with E-state index in [4.69, 9.17) is 10.5 Å². The average molecular weight is 264 g/mol. The van der Waals surface area contributed by atoms with Gasteiger partial charge in [0.1, 0.15) is 5.75 Å². The number of nitrogens with two attached hydrogens (primary N) is 1. The first-order valence-corrected chi connectivity index (χ1v) is 6.98. The summed E-state index contributed by atoms with van der Waals surface area (Å²) in [5.74, 6) is 0.934. The molecule has 0 aliphatic carbocycles. The molecule has 19 heavy (non-hydrogen) atoms. The molecule has 0 aliphatic heterocycles. The van der Waals surface area contributed by atoms with E-state index in [0.29, 0.717) is 0 Å². The van der Waals surface area contributed by atoms with Crippen LogP contribution in [-0.4, -0.2) is 38.7 Å². The predicted octanol–water partition coefficient (Wildman–Crippen LogP) is 2.54. The molecule has 0 bridgehead atoms. The predicted molar refractivity (Wildman–Crippen MR) is 81.6 cm³/mol. The van der Waals surface area contributed by atoms with Crippen molar-refractivity contribution >= 4 is 0 Å². The van der Waals surface area contributed by atoms with Crippen LogP contribution in [0.15, 0.2) is 24.3 Å². The molecule has 0 aromatic heterocycles. The highest BCUT2D eigenvalue weighted by Gasteiger charge is 2.18. The first-order chi connectivity index (χ1) is 8.96. The van der Waals surface area contributed by atoms with Gasteiger partial charge in [-0.25, -0.2) is 0 Å². The SMILES string of the molecule is COc1cccc(CCN(C)CC(C)(C)CCN)c1. The number of benzene rings is 1. The van der Waals surface area contributed by atoms with Crippen LogP contribution >= 0.6 is 0 Å². The molecule has 0 amide bonds. The van der Waals surface area contributed by atoms with Gasteiger partial charge < -0.3 is 15.4 Å². The standard InChI is InChI=1S/C16H28N2O/c1-16(2,9-10-17)13-18(3)11-8-14-6-5-7-15(12-14)19-4/h5-7,12H,8-11,13,17H2,1-4H3. The van der Waals surface area contributed by atoms with E-state index in [9.17, 15) is 0 Å². The van der Waals surface area contributed by atoms with Crippen molar-refractivity contribution in [2.45, 2.75) is 26.7 Å². The quantitative estimate of drug-likeness (QED) is 0.784. The number of ether oxygens (including phenoxy) is 1. The number of methoxy groups -OCH3 is 1. The molecule has 0 radical (unpaired) electrons. The highest BCUT2D eigenvalue weighted by atomic mass is 16.5. The van der Waals surface area contributed by atoms with E-state index in [1.54, 1.807) is 7.11 Å². The van der Waals surface area contributed by atoms with Crippen LogP contribution in [0.1, 0.15) is 25.8 Å². The minimum absolute atomic E-state index is 0.290. The van der Waals surface area contributed by atoms with E-state index in [0.717, 1.165) is 38.2 Å². The molecule has 0 atom stereocenters. The molecule has 0 saturated heterocycles. The first kappa shape index (κ1) is 16.0. The second-order valence-electron chi connectivity index (χ2n) is 6.04. The topological polar surface area (TPSA) is 38.5 Å². The fourth-order valence-corrected chi connectivity index (χ4v) is 2.43. The molecule has 1 aromatic rings. The minimum Gasteiger partial charge on any atom is -0.497 e. The molecule has 108 valence electrons. The van der Waals surface area contributed by atoms with Crippen molar-refractivity contribution in [1.82, 2.24) is 4.90 Å². The van der Waals surface area contributed by atoms with Crippen LogP contribution in [-0.2, 0) is 6.42 Å². The molecule has 1 rings (SSSR count). The summed E-state index contributed by atoms with van der Waals surface area (Å²) < 4.78 is 5.25. The maximum absolute atomic E-state index is 5.65. The third kappa shape index (κ3) is 6.08. The van der Waals surface area contributed by atoms with Crippen molar-refractivity contribution in [2.24, 2.45) is 11.1 Å². The number of likely N-dealkylation sites (N-methyl/N-ethyl adjacent to an activating group) is 1. The molecule has 0 aliphatic rings. The molecule has 0 unspecified atom stereocenters. The van der Waals surface area contributed by atoms with E-state index in [2.05, 4.69) is 37.9 Å².